The predicted molar refractivity (Wildman–Crippen MR) is 88.0 cm³/mol. The van der Waals surface area contributed by atoms with Crippen LogP contribution in [0, 0.1) is 10.1 Å². The summed E-state index contributed by atoms with van der Waals surface area (Å²) in [4.78, 5) is 34.6. The summed E-state index contributed by atoms with van der Waals surface area (Å²) < 4.78 is 5.07. The number of nitrogens with zero attached hydrogens (tertiary/aromatic N) is 1. The van der Waals surface area contributed by atoms with E-state index in [1.807, 2.05) is 0 Å². The van der Waals surface area contributed by atoms with Crippen LogP contribution in [-0.4, -0.2) is 28.9 Å². The van der Waals surface area contributed by atoms with Crippen molar-refractivity contribution in [3.63, 3.8) is 0 Å². The first-order valence-corrected chi connectivity index (χ1v) is 8.21. The predicted octanol–water partition coefficient (Wildman–Crippen LogP) is 3.24. The summed E-state index contributed by atoms with van der Waals surface area (Å²) in [5.74, 6) is -1.35. The molecule has 0 heterocycles. The first-order chi connectivity index (χ1) is 11.4. The SMILES string of the molecule is C[C@H](OC(=O)c1cc(Cl)ccc1[N+](=O)[O-])C(=O)NC1CCCCC1. The van der Waals surface area contributed by atoms with Crippen LogP contribution in [0.4, 0.5) is 5.69 Å². The molecule has 1 aromatic carbocycles. The molecule has 0 aliphatic heterocycles. The number of benzene rings is 1. The van der Waals surface area contributed by atoms with Crippen LogP contribution < -0.4 is 5.32 Å². The number of hydrogen-bond acceptors (Lipinski definition) is 5. The quantitative estimate of drug-likeness (QED) is 0.497. The minimum Gasteiger partial charge on any atom is -0.449 e. The Morgan fingerprint density at radius 1 is 1.33 bits per heavy atom. The number of halogens is 1. The fourth-order valence-corrected chi connectivity index (χ4v) is 2.85. The Kier molecular flexibility index (Phi) is 6.14. The zero-order valence-electron chi connectivity index (χ0n) is 13.3. The Morgan fingerprint density at radius 3 is 2.62 bits per heavy atom. The molecule has 1 fully saturated rings. The number of amides is 1. The molecule has 0 spiro atoms. The maximum absolute atomic E-state index is 12.2. The first-order valence-electron chi connectivity index (χ1n) is 7.84. The summed E-state index contributed by atoms with van der Waals surface area (Å²) >= 11 is 5.78. The summed E-state index contributed by atoms with van der Waals surface area (Å²) in [6.45, 7) is 1.44. The highest BCUT2D eigenvalue weighted by atomic mass is 35.5. The molecule has 1 aromatic rings. The number of ether oxygens (including phenoxy) is 1. The molecule has 7 nitrogen and oxygen atoms in total. The number of nitro groups is 1. The lowest BCUT2D eigenvalue weighted by molar-refractivity contribution is -0.385. The van der Waals surface area contributed by atoms with Crippen molar-refractivity contribution in [2.24, 2.45) is 0 Å². The van der Waals surface area contributed by atoms with Crippen molar-refractivity contribution < 1.29 is 19.2 Å². The van der Waals surface area contributed by atoms with Crippen molar-refractivity contribution in [1.29, 1.82) is 0 Å². The van der Waals surface area contributed by atoms with Gasteiger partial charge in [0.2, 0.25) is 0 Å². The highest BCUT2D eigenvalue weighted by Crippen LogP contribution is 2.24. The van der Waals surface area contributed by atoms with E-state index in [-0.39, 0.29) is 16.6 Å². The van der Waals surface area contributed by atoms with Gasteiger partial charge in [-0.25, -0.2) is 4.79 Å². The van der Waals surface area contributed by atoms with Crippen LogP contribution in [0.1, 0.15) is 49.4 Å². The van der Waals surface area contributed by atoms with E-state index in [9.17, 15) is 19.7 Å². The Balaban J connectivity index is 2.01. The zero-order chi connectivity index (χ0) is 17.7. The standard InChI is InChI=1S/C16H19ClN2O5/c1-10(15(20)18-12-5-3-2-4-6-12)24-16(21)13-9-11(17)7-8-14(13)19(22)23/h7-10,12H,2-6H2,1H3,(H,18,20)/t10-/m0/s1. The second-order valence-electron chi connectivity index (χ2n) is 5.81. The molecule has 1 N–H and O–H groups in total. The normalized spacial score (nSPS) is 16.2. The van der Waals surface area contributed by atoms with Crippen LogP contribution in [0.15, 0.2) is 18.2 Å². The average Bonchev–Trinajstić information content (AvgIpc) is 2.55. The van der Waals surface area contributed by atoms with Crippen LogP contribution in [0.25, 0.3) is 0 Å². The van der Waals surface area contributed by atoms with Gasteiger partial charge in [0.15, 0.2) is 6.10 Å². The van der Waals surface area contributed by atoms with Gasteiger partial charge in [-0.2, -0.15) is 0 Å². The lowest BCUT2D eigenvalue weighted by atomic mass is 9.95. The number of nitro benzene ring substituents is 1. The second-order valence-corrected chi connectivity index (χ2v) is 6.25. The van der Waals surface area contributed by atoms with E-state index in [1.165, 1.54) is 13.0 Å². The molecule has 24 heavy (non-hydrogen) atoms. The van der Waals surface area contributed by atoms with E-state index in [1.54, 1.807) is 0 Å². The molecule has 1 atom stereocenters. The summed E-state index contributed by atoms with van der Waals surface area (Å²) in [5.41, 5.74) is -0.686. The van der Waals surface area contributed by atoms with E-state index in [2.05, 4.69) is 5.32 Å². The van der Waals surface area contributed by atoms with Crippen LogP contribution in [0.3, 0.4) is 0 Å². The maximum atomic E-state index is 12.2. The van der Waals surface area contributed by atoms with Gasteiger partial charge in [0.05, 0.1) is 4.92 Å². The van der Waals surface area contributed by atoms with Gasteiger partial charge >= 0.3 is 5.97 Å². The minimum atomic E-state index is -1.04. The van der Waals surface area contributed by atoms with Gasteiger partial charge in [0.25, 0.3) is 11.6 Å². The van der Waals surface area contributed by atoms with E-state index in [0.29, 0.717) is 0 Å². The summed E-state index contributed by atoms with van der Waals surface area (Å²) in [5, 5.41) is 14.0. The molecule has 2 rings (SSSR count). The third-order valence-corrected chi connectivity index (χ3v) is 4.21. The van der Waals surface area contributed by atoms with Gasteiger partial charge in [-0.3, -0.25) is 14.9 Å². The molecule has 130 valence electrons. The fourth-order valence-electron chi connectivity index (χ4n) is 2.67. The van der Waals surface area contributed by atoms with Crippen molar-refractivity contribution in [1.82, 2.24) is 5.32 Å². The maximum Gasteiger partial charge on any atom is 0.345 e. The molecule has 0 bridgehead atoms. The second kappa shape index (κ2) is 8.10. The number of esters is 1. The molecule has 1 amide bonds. The van der Waals surface area contributed by atoms with E-state index < -0.39 is 28.6 Å². The Bertz CT molecular complexity index is 643. The number of carbonyl (C=O) groups excluding carboxylic acids is 2. The first kappa shape index (κ1) is 18.2. The number of hydrogen-bond donors (Lipinski definition) is 1. The van der Waals surface area contributed by atoms with E-state index >= 15 is 0 Å². The fraction of sp³-hybridized carbons (Fsp3) is 0.500. The van der Waals surface area contributed by atoms with Crippen molar-refractivity contribution in [2.75, 3.05) is 0 Å². The number of rotatable bonds is 5. The van der Waals surface area contributed by atoms with Crippen molar-refractivity contribution in [3.05, 3.63) is 38.9 Å². The van der Waals surface area contributed by atoms with Gasteiger partial charge < -0.3 is 10.1 Å². The molecule has 1 aliphatic rings. The molecule has 0 unspecified atom stereocenters. The molecule has 0 radical (unpaired) electrons. The van der Waals surface area contributed by atoms with Gasteiger partial charge in [-0.1, -0.05) is 30.9 Å². The molecule has 0 aromatic heterocycles. The molecule has 0 saturated heterocycles. The van der Waals surface area contributed by atoms with Crippen molar-refractivity contribution in [2.45, 2.75) is 51.2 Å². The minimum absolute atomic E-state index is 0.0907. The summed E-state index contributed by atoms with van der Waals surface area (Å²) in [6, 6.07) is 3.70. The topological polar surface area (TPSA) is 98.5 Å². The summed E-state index contributed by atoms with van der Waals surface area (Å²) in [6.07, 6.45) is 4.06. The smallest absolute Gasteiger partial charge is 0.345 e. The zero-order valence-corrected chi connectivity index (χ0v) is 14.0. The Morgan fingerprint density at radius 2 is 2.00 bits per heavy atom. The van der Waals surface area contributed by atoms with Crippen LogP contribution in [0.5, 0.6) is 0 Å². The Labute approximate surface area is 144 Å². The number of nitrogens with one attached hydrogen (secondary N) is 1. The molecule has 1 saturated carbocycles. The largest absolute Gasteiger partial charge is 0.449 e. The van der Waals surface area contributed by atoms with E-state index in [4.69, 9.17) is 16.3 Å². The highest BCUT2D eigenvalue weighted by molar-refractivity contribution is 6.31. The third kappa shape index (κ3) is 4.67. The lowest BCUT2D eigenvalue weighted by Crippen LogP contribution is -2.42. The Hall–Kier alpha value is -2.15. The van der Waals surface area contributed by atoms with Crippen LogP contribution >= 0.6 is 11.6 Å². The van der Waals surface area contributed by atoms with Gasteiger partial charge in [-0.15, -0.1) is 0 Å². The molecule has 1 aliphatic carbocycles. The third-order valence-electron chi connectivity index (χ3n) is 3.98. The molecule has 8 heteroatoms. The van der Waals surface area contributed by atoms with Gasteiger partial charge in [0.1, 0.15) is 5.56 Å². The van der Waals surface area contributed by atoms with Crippen LogP contribution in [-0.2, 0) is 9.53 Å². The van der Waals surface area contributed by atoms with Crippen molar-refractivity contribution in [3.8, 4) is 0 Å². The van der Waals surface area contributed by atoms with Crippen LogP contribution in [0.2, 0.25) is 5.02 Å². The monoisotopic (exact) mass is 354 g/mol. The highest BCUT2D eigenvalue weighted by Gasteiger charge is 2.27. The molecular weight excluding hydrogens is 336 g/mol. The average molecular weight is 355 g/mol. The van der Waals surface area contributed by atoms with E-state index in [0.717, 1.165) is 44.2 Å². The van der Waals surface area contributed by atoms with Crippen molar-refractivity contribution >= 4 is 29.2 Å². The number of carbonyl (C=O) groups is 2. The lowest BCUT2D eigenvalue weighted by Gasteiger charge is -2.24. The van der Waals surface area contributed by atoms with Gasteiger partial charge in [0, 0.05) is 17.1 Å². The van der Waals surface area contributed by atoms with Gasteiger partial charge in [-0.05, 0) is 31.9 Å². The molecular formula is C16H19ClN2O5. The summed E-state index contributed by atoms with van der Waals surface area (Å²) in [7, 11) is 0.